The molecule has 4 heteroatoms. The molecule has 0 atom stereocenters. The molecule has 0 aromatic carbocycles. The van der Waals surface area contributed by atoms with E-state index in [4.69, 9.17) is 5.73 Å². The van der Waals surface area contributed by atoms with Crippen LogP contribution in [0.2, 0.25) is 0 Å². The standard InChI is InChI=1S/C9H17N3O/c1-8(2)9(13)12-7-6-11-5-3-4-10/h6H,1,3-5,7,10H2,2H3,(H,12,13). The van der Waals surface area contributed by atoms with Gasteiger partial charge in [-0.2, -0.15) is 0 Å². The van der Waals surface area contributed by atoms with E-state index in [1.807, 2.05) is 0 Å². The van der Waals surface area contributed by atoms with E-state index in [2.05, 4.69) is 16.9 Å². The van der Waals surface area contributed by atoms with Crippen molar-refractivity contribution in [1.82, 2.24) is 5.32 Å². The van der Waals surface area contributed by atoms with Gasteiger partial charge in [0.05, 0.1) is 6.54 Å². The summed E-state index contributed by atoms with van der Waals surface area (Å²) >= 11 is 0. The highest BCUT2D eigenvalue weighted by molar-refractivity contribution is 5.93. The highest BCUT2D eigenvalue weighted by Gasteiger charge is 1.96. The van der Waals surface area contributed by atoms with Gasteiger partial charge in [0.2, 0.25) is 5.91 Å². The van der Waals surface area contributed by atoms with Gasteiger partial charge in [-0.15, -0.1) is 0 Å². The monoisotopic (exact) mass is 183 g/mol. The van der Waals surface area contributed by atoms with Crippen LogP contribution < -0.4 is 11.1 Å². The first kappa shape index (κ1) is 11.8. The summed E-state index contributed by atoms with van der Waals surface area (Å²) in [6.45, 7) is 7.00. The summed E-state index contributed by atoms with van der Waals surface area (Å²) < 4.78 is 0. The smallest absolute Gasteiger partial charge is 0.246 e. The number of nitrogens with two attached hydrogens (primary N) is 1. The van der Waals surface area contributed by atoms with Crippen molar-refractivity contribution in [2.24, 2.45) is 10.7 Å². The lowest BCUT2D eigenvalue weighted by molar-refractivity contribution is -0.117. The van der Waals surface area contributed by atoms with E-state index in [-0.39, 0.29) is 5.91 Å². The number of nitrogens with one attached hydrogen (secondary N) is 1. The Morgan fingerprint density at radius 1 is 1.69 bits per heavy atom. The first-order valence-corrected chi connectivity index (χ1v) is 4.30. The number of hydrogen-bond donors (Lipinski definition) is 2. The third-order valence-electron chi connectivity index (χ3n) is 1.36. The zero-order valence-electron chi connectivity index (χ0n) is 8.05. The van der Waals surface area contributed by atoms with Crippen molar-refractivity contribution in [3.63, 3.8) is 0 Å². The van der Waals surface area contributed by atoms with Crippen LogP contribution in [0.1, 0.15) is 13.3 Å². The highest BCUT2D eigenvalue weighted by Crippen LogP contribution is 1.83. The summed E-state index contributed by atoms with van der Waals surface area (Å²) in [5.41, 5.74) is 5.79. The third kappa shape index (κ3) is 7.21. The Hall–Kier alpha value is -1.16. The molecule has 3 N–H and O–H groups in total. The molecule has 0 unspecified atom stereocenters. The first-order chi connectivity index (χ1) is 6.18. The van der Waals surface area contributed by atoms with Crippen LogP contribution in [0.25, 0.3) is 0 Å². The van der Waals surface area contributed by atoms with E-state index in [0.717, 1.165) is 13.0 Å². The number of carbonyl (C=O) groups excluding carboxylic acids is 1. The van der Waals surface area contributed by atoms with Crippen LogP contribution in [0.3, 0.4) is 0 Å². The van der Waals surface area contributed by atoms with Crippen LogP contribution in [0, 0.1) is 0 Å². The minimum atomic E-state index is -0.134. The molecule has 0 aliphatic carbocycles. The van der Waals surface area contributed by atoms with E-state index in [9.17, 15) is 4.79 Å². The van der Waals surface area contributed by atoms with Gasteiger partial charge in [0.15, 0.2) is 0 Å². The Morgan fingerprint density at radius 3 is 2.92 bits per heavy atom. The summed E-state index contributed by atoms with van der Waals surface area (Å²) in [6.07, 6.45) is 2.56. The molecule has 0 saturated carbocycles. The van der Waals surface area contributed by atoms with E-state index in [1.165, 1.54) is 0 Å². The minimum absolute atomic E-state index is 0.134. The van der Waals surface area contributed by atoms with E-state index >= 15 is 0 Å². The molecular weight excluding hydrogens is 166 g/mol. The third-order valence-corrected chi connectivity index (χ3v) is 1.36. The second-order valence-electron chi connectivity index (χ2n) is 2.72. The Morgan fingerprint density at radius 2 is 2.38 bits per heavy atom. The number of hydrogen-bond acceptors (Lipinski definition) is 3. The van der Waals surface area contributed by atoms with Gasteiger partial charge in [-0.1, -0.05) is 6.58 Å². The van der Waals surface area contributed by atoms with Crippen LogP contribution in [-0.2, 0) is 4.79 Å². The maximum Gasteiger partial charge on any atom is 0.246 e. The average molecular weight is 183 g/mol. The van der Waals surface area contributed by atoms with Crippen molar-refractivity contribution < 1.29 is 4.79 Å². The lowest BCUT2D eigenvalue weighted by Crippen LogP contribution is -2.25. The molecule has 0 aromatic heterocycles. The maximum atomic E-state index is 10.9. The topological polar surface area (TPSA) is 67.5 Å². The Bertz CT molecular complexity index is 199. The summed E-state index contributed by atoms with van der Waals surface area (Å²) in [6, 6.07) is 0. The van der Waals surface area contributed by atoms with Crippen molar-refractivity contribution in [1.29, 1.82) is 0 Å². The molecule has 0 saturated heterocycles. The number of aliphatic imine (C=N–C) groups is 1. The molecule has 0 rings (SSSR count). The largest absolute Gasteiger partial charge is 0.347 e. The maximum absolute atomic E-state index is 10.9. The first-order valence-electron chi connectivity index (χ1n) is 4.30. The van der Waals surface area contributed by atoms with Crippen molar-refractivity contribution in [2.75, 3.05) is 19.6 Å². The van der Waals surface area contributed by atoms with E-state index < -0.39 is 0 Å². The predicted molar refractivity (Wildman–Crippen MR) is 54.9 cm³/mol. The number of carbonyl (C=O) groups is 1. The van der Waals surface area contributed by atoms with Gasteiger partial charge in [0.1, 0.15) is 0 Å². The van der Waals surface area contributed by atoms with Gasteiger partial charge in [-0.3, -0.25) is 9.79 Å². The summed E-state index contributed by atoms with van der Waals surface area (Å²) in [5.74, 6) is -0.134. The van der Waals surface area contributed by atoms with E-state index in [0.29, 0.717) is 18.7 Å². The normalized spacial score (nSPS) is 10.3. The second-order valence-corrected chi connectivity index (χ2v) is 2.72. The molecular formula is C9H17N3O. The van der Waals surface area contributed by atoms with Gasteiger partial charge >= 0.3 is 0 Å². The Labute approximate surface area is 78.9 Å². The predicted octanol–water partition coefficient (Wildman–Crippen LogP) is 0.0983. The quantitative estimate of drug-likeness (QED) is 0.348. The molecule has 74 valence electrons. The van der Waals surface area contributed by atoms with Crippen LogP contribution in [-0.4, -0.2) is 31.8 Å². The fourth-order valence-electron chi connectivity index (χ4n) is 0.628. The van der Waals surface area contributed by atoms with Gasteiger partial charge in [0, 0.05) is 18.3 Å². The Balaban J connectivity index is 3.39. The van der Waals surface area contributed by atoms with Crippen molar-refractivity contribution >= 4 is 12.1 Å². The molecule has 0 aliphatic rings. The van der Waals surface area contributed by atoms with Gasteiger partial charge in [-0.05, 0) is 19.9 Å². The molecule has 0 radical (unpaired) electrons. The lowest BCUT2D eigenvalue weighted by Gasteiger charge is -1.99. The number of amides is 1. The summed E-state index contributed by atoms with van der Waals surface area (Å²) in [4.78, 5) is 15.0. The number of rotatable bonds is 6. The van der Waals surface area contributed by atoms with Crippen molar-refractivity contribution in [3.8, 4) is 0 Å². The van der Waals surface area contributed by atoms with Gasteiger partial charge in [-0.25, -0.2) is 0 Å². The summed E-state index contributed by atoms with van der Waals surface area (Å²) in [5, 5.41) is 2.64. The van der Waals surface area contributed by atoms with Crippen LogP contribution >= 0.6 is 0 Å². The average Bonchev–Trinajstić information content (AvgIpc) is 2.10. The van der Waals surface area contributed by atoms with Gasteiger partial charge in [0.25, 0.3) is 0 Å². The zero-order chi connectivity index (χ0) is 10.1. The molecule has 0 spiro atoms. The molecule has 0 aromatic rings. The lowest BCUT2D eigenvalue weighted by atomic mass is 10.3. The SMILES string of the molecule is C=C(C)C(=O)NCC=NCCCN. The molecule has 0 aliphatic heterocycles. The summed E-state index contributed by atoms with van der Waals surface area (Å²) in [7, 11) is 0. The van der Waals surface area contributed by atoms with Crippen LogP contribution in [0.15, 0.2) is 17.1 Å². The Kier molecular flexibility index (Phi) is 6.82. The second kappa shape index (κ2) is 7.49. The molecule has 0 heterocycles. The van der Waals surface area contributed by atoms with E-state index in [1.54, 1.807) is 13.1 Å². The minimum Gasteiger partial charge on any atom is -0.347 e. The number of nitrogens with zero attached hydrogens (tertiary/aromatic N) is 1. The van der Waals surface area contributed by atoms with Crippen molar-refractivity contribution in [3.05, 3.63) is 12.2 Å². The molecule has 0 bridgehead atoms. The molecule has 1 amide bonds. The van der Waals surface area contributed by atoms with Gasteiger partial charge < -0.3 is 11.1 Å². The van der Waals surface area contributed by atoms with Crippen LogP contribution in [0.4, 0.5) is 0 Å². The highest BCUT2D eigenvalue weighted by atomic mass is 16.1. The molecule has 4 nitrogen and oxygen atoms in total. The fraction of sp³-hybridized carbons (Fsp3) is 0.556. The van der Waals surface area contributed by atoms with Crippen LogP contribution in [0.5, 0.6) is 0 Å². The fourth-order valence-corrected chi connectivity index (χ4v) is 0.628. The molecule has 0 fully saturated rings. The zero-order valence-corrected chi connectivity index (χ0v) is 8.05. The van der Waals surface area contributed by atoms with Crippen molar-refractivity contribution in [2.45, 2.75) is 13.3 Å². The molecule has 13 heavy (non-hydrogen) atoms.